The molecule has 1 aromatic rings. The fourth-order valence-corrected chi connectivity index (χ4v) is 1.57. The summed E-state index contributed by atoms with van der Waals surface area (Å²) in [5.74, 6) is -0.484. The minimum Gasteiger partial charge on any atom is -0.379 e. The van der Waals surface area contributed by atoms with Crippen LogP contribution in [0.2, 0.25) is 0 Å². The minimum absolute atomic E-state index is 0.0581. The minimum atomic E-state index is -4.34. The van der Waals surface area contributed by atoms with E-state index in [0.29, 0.717) is 6.54 Å². The molecule has 0 aromatic heterocycles. The molecule has 0 radical (unpaired) electrons. The molecular formula is C12H14F3N3O3. The lowest BCUT2D eigenvalue weighted by Gasteiger charge is -2.10. The summed E-state index contributed by atoms with van der Waals surface area (Å²) in [5.41, 5.74) is -0.428. The number of rotatable bonds is 6. The van der Waals surface area contributed by atoms with Gasteiger partial charge in [0.15, 0.2) is 0 Å². The van der Waals surface area contributed by atoms with Crippen LogP contribution in [0.4, 0.5) is 24.5 Å². The van der Waals surface area contributed by atoms with Crippen LogP contribution in [0, 0.1) is 10.1 Å². The summed E-state index contributed by atoms with van der Waals surface area (Å²) in [6.45, 7) is 1.57. The fourth-order valence-electron chi connectivity index (χ4n) is 1.57. The van der Waals surface area contributed by atoms with Gasteiger partial charge in [0, 0.05) is 24.7 Å². The smallest absolute Gasteiger partial charge is 0.379 e. The van der Waals surface area contributed by atoms with Crippen LogP contribution in [-0.2, 0) is 0 Å². The van der Waals surface area contributed by atoms with Gasteiger partial charge >= 0.3 is 6.18 Å². The number of benzene rings is 1. The van der Waals surface area contributed by atoms with Gasteiger partial charge in [0.2, 0.25) is 0 Å². The summed E-state index contributed by atoms with van der Waals surface area (Å²) in [7, 11) is 0. The van der Waals surface area contributed by atoms with E-state index in [9.17, 15) is 28.1 Å². The average Bonchev–Trinajstić information content (AvgIpc) is 2.37. The molecule has 116 valence electrons. The first-order valence-corrected chi connectivity index (χ1v) is 6.12. The van der Waals surface area contributed by atoms with Crippen LogP contribution in [-0.4, -0.2) is 30.1 Å². The number of nitro groups is 1. The predicted octanol–water partition coefficient (Wildman–Crippen LogP) is 2.71. The maximum absolute atomic E-state index is 12.0. The zero-order valence-electron chi connectivity index (χ0n) is 11.2. The van der Waals surface area contributed by atoms with Gasteiger partial charge in [-0.05, 0) is 19.1 Å². The van der Waals surface area contributed by atoms with Crippen molar-refractivity contribution in [2.24, 2.45) is 0 Å². The Morgan fingerprint density at radius 2 is 2.05 bits per heavy atom. The zero-order chi connectivity index (χ0) is 16.0. The van der Waals surface area contributed by atoms with Gasteiger partial charge in [-0.3, -0.25) is 14.9 Å². The van der Waals surface area contributed by atoms with Crippen molar-refractivity contribution in [2.45, 2.75) is 19.5 Å². The molecule has 0 bridgehead atoms. The van der Waals surface area contributed by atoms with Crippen molar-refractivity contribution in [3.05, 3.63) is 33.9 Å². The maximum atomic E-state index is 12.0. The highest BCUT2D eigenvalue weighted by atomic mass is 19.4. The number of alkyl halides is 3. The highest BCUT2D eigenvalue weighted by Gasteiger charge is 2.27. The topological polar surface area (TPSA) is 84.3 Å². The first-order valence-electron chi connectivity index (χ1n) is 6.12. The van der Waals surface area contributed by atoms with Crippen molar-refractivity contribution >= 4 is 17.3 Å². The lowest BCUT2D eigenvalue weighted by atomic mass is 10.1. The van der Waals surface area contributed by atoms with Gasteiger partial charge < -0.3 is 10.6 Å². The van der Waals surface area contributed by atoms with Crippen molar-refractivity contribution in [2.75, 3.05) is 18.4 Å². The molecule has 1 aromatic carbocycles. The Hall–Kier alpha value is -2.32. The van der Waals surface area contributed by atoms with Crippen LogP contribution in [0.5, 0.6) is 0 Å². The summed E-state index contributed by atoms with van der Waals surface area (Å²) in [6.07, 6.45) is -5.45. The van der Waals surface area contributed by atoms with Gasteiger partial charge in [-0.2, -0.15) is 13.2 Å². The number of nitro benzene ring substituents is 1. The molecule has 0 aliphatic heterocycles. The van der Waals surface area contributed by atoms with E-state index in [2.05, 4.69) is 10.6 Å². The lowest BCUT2D eigenvalue weighted by Crippen LogP contribution is -2.22. The van der Waals surface area contributed by atoms with E-state index >= 15 is 0 Å². The Bertz CT molecular complexity index is 532. The van der Waals surface area contributed by atoms with E-state index in [0.717, 1.165) is 6.07 Å². The van der Waals surface area contributed by atoms with Crippen LogP contribution in [0.3, 0.4) is 0 Å². The summed E-state index contributed by atoms with van der Waals surface area (Å²) < 4.78 is 36.1. The molecule has 0 saturated heterocycles. The first kappa shape index (κ1) is 16.7. The van der Waals surface area contributed by atoms with Gasteiger partial charge in [0.05, 0.1) is 11.3 Å². The molecule has 21 heavy (non-hydrogen) atoms. The van der Waals surface area contributed by atoms with Crippen molar-refractivity contribution in [1.82, 2.24) is 5.32 Å². The molecule has 0 spiro atoms. The van der Waals surface area contributed by atoms with Crippen molar-refractivity contribution in [3.8, 4) is 0 Å². The molecule has 1 rings (SSSR count). The molecule has 0 aliphatic rings. The number of amides is 1. The SMILES string of the molecule is CCNC(=O)c1ccc(NCCC(F)(F)F)c([N+](=O)[O-])c1. The number of nitrogens with one attached hydrogen (secondary N) is 2. The van der Waals surface area contributed by atoms with Gasteiger partial charge in [-0.15, -0.1) is 0 Å². The summed E-state index contributed by atoms with van der Waals surface area (Å²) >= 11 is 0. The van der Waals surface area contributed by atoms with Gasteiger partial charge in [-0.25, -0.2) is 0 Å². The lowest BCUT2D eigenvalue weighted by molar-refractivity contribution is -0.384. The molecule has 0 aliphatic carbocycles. The van der Waals surface area contributed by atoms with Crippen molar-refractivity contribution in [1.29, 1.82) is 0 Å². The average molecular weight is 305 g/mol. The number of halogens is 3. The number of nitrogens with zero attached hydrogens (tertiary/aromatic N) is 1. The third-order valence-corrected chi connectivity index (χ3v) is 2.52. The van der Waals surface area contributed by atoms with Crippen LogP contribution >= 0.6 is 0 Å². The van der Waals surface area contributed by atoms with Crippen LogP contribution in [0.15, 0.2) is 18.2 Å². The maximum Gasteiger partial charge on any atom is 0.390 e. The van der Waals surface area contributed by atoms with Crippen LogP contribution in [0.25, 0.3) is 0 Å². The third kappa shape index (κ3) is 5.28. The monoisotopic (exact) mass is 305 g/mol. The number of anilines is 1. The van der Waals surface area contributed by atoms with Crippen LogP contribution in [0.1, 0.15) is 23.7 Å². The Labute approximate surface area is 118 Å². The molecule has 0 atom stereocenters. The Morgan fingerprint density at radius 1 is 1.38 bits per heavy atom. The van der Waals surface area contributed by atoms with E-state index in [1.807, 2.05) is 0 Å². The highest BCUT2D eigenvalue weighted by Crippen LogP contribution is 2.26. The standard InChI is InChI=1S/C12H14F3N3O3/c1-2-16-11(19)8-3-4-9(10(7-8)18(20)21)17-6-5-12(13,14)15/h3-4,7,17H,2,5-6H2,1H3,(H,16,19). The molecule has 1 amide bonds. The number of carbonyl (C=O) groups is 1. The molecule has 0 fully saturated rings. The summed E-state index contributed by atoms with van der Waals surface area (Å²) in [6, 6.07) is 3.56. The Morgan fingerprint density at radius 3 is 2.57 bits per heavy atom. The molecule has 0 heterocycles. The van der Waals surface area contributed by atoms with Gasteiger partial charge in [0.25, 0.3) is 11.6 Å². The molecule has 0 unspecified atom stereocenters. The normalized spacial score (nSPS) is 11.0. The molecular weight excluding hydrogens is 291 g/mol. The van der Waals surface area contributed by atoms with Crippen LogP contribution < -0.4 is 10.6 Å². The summed E-state index contributed by atoms with van der Waals surface area (Å²) in [4.78, 5) is 21.7. The van der Waals surface area contributed by atoms with Gasteiger partial charge in [-0.1, -0.05) is 0 Å². The molecule has 2 N–H and O–H groups in total. The summed E-state index contributed by atoms with van der Waals surface area (Å²) in [5, 5.41) is 15.8. The number of hydrogen-bond acceptors (Lipinski definition) is 4. The fraction of sp³-hybridized carbons (Fsp3) is 0.417. The van der Waals surface area contributed by atoms with E-state index in [1.165, 1.54) is 12.1 Å². The molecule has 0 saturated carbocycles. The van der Waals surface area contributed by atoms with E-state index in [4.69, 9.17) is 0 Å². The Balaban J connectivity index is 2.90. The van der Waals surface area contributed by atoms with E-state index in [-0.39, 0.29) is 11.3 Å². The second kappa shape index (κ2) is 6.91. The van der Waals surface area contributed by atoms with E-state index < -0.39 is 35.7 Å². The van der Waals surface area contributed by atoms with Crippen molar-refractivity contribution < 1.29 is 22.9 Å². The highest BCUT2D eigenvalue weighted by molar-refractivity contribution is 5.95. The van der Waals surface area contributed by atoms with Crippen molar-refractivity contribution in [3.63, 3.8) is 0 Å². The second-order valence-electron chi connectivity index (χ2n) is 4.14. The largest absolute Gasteiger partial charge is 0.390 e. The number of hydrogen-bond donors (Lipinski definition) is 2. The quantitative estimate of drug-likeness (QED) is 0.625. The number of carbonyl (C=O) groups excluding carboxylic acids is 1. The Kier molecular flexibility index (Phi) is 5.51. The molecule has 9 heteroatoms. The third-order valence-electron chi connectivity index (χ3n) is 2.52. The van der Waals surface area contributed by atoms with Gasteiger partial charge in [0.1, 0.15) is 5.69 Å². The second-order valence-corrected chi connectivity index (χ2v) is 4.14. The zero-order valence-corrected chi connectivity index (χ0v) is 11.2. The predicted molar refractivity (Wildman–Crippen MR) is 70.3 cm³/mol. The molecule has 6 nitrogen and oxygen atoms in total. The first-order chi connectivity index (χ1) is 9.74. The van der Waals surface area contributed by atoms with E-state index in [1.54, 1.807) is 6.92 Å².